The van der Waals surface area contributed by atoms with Crippen LogP contribution in [0.15, 0.2) is 393 Å². The summed E-state index contributed by atoms with van der Waals surface area (Å²) < 4.78 is 25.2. The summed E-state index contributed by atoms with van der Waals surface area (Å²) in [5, 5.41) is 25.5. The Hall–Kier alpha value is -12.7. The van der Waals surface area contributed by atoms with E-state index in [0.717, 1.165) is 20.7 Å². The summed E-state index contributed by atoms with van der Waals surface area (Å²) in [7, 11) is -0.463. The number of thiophene rings is 4. The molecule has 0 N–H and O–H groups in total. The molecule has 0 aliphatic carbocycles. The number of hydrogen-bond acceptors (Lipinski definition) is 6. The Kier molecular flexibility index (Phi) is 19.1. The van der Waals surface area contributed by atoms with Crippen molar-refractivity contribution in [2.75, 3.05) is 0 Å². The minimum absolute atomic E-state index is 0. The molecule has 8 heteroatoms. The summed E-state index contributed by atoms with van der Waals surface area (Å²) in [6.07, 6.45) is 0. The number of halogens is 1. The van der Waals surface area contributed by atoms with Crippen LogP contribution in [0.5, 0.6) is 0 Å². The number of hydrogen-bond donors (Lipinski definition) is 0. The second kappa shape index (κ2) is 30.7. The van der Waals surface area contributed by atoms with Gasteiger partial charge in [0.1, 0.15) is 0 Å². The summed E-state index contributed by atoms with van der Waals surface area (Å²) in [4.78, 5) is 0. The predicted molar refractivity (Wildman–Crippen MR) is 544 cm³/mol. The zero-order valence-electron chi connectivity index (χ0n) is 67.4. The molecular formula is C115H80BBrO2S4. The molecule has 5 heterocycles. The monoisotopic (exact) mass is 1710 g/mol. The molecule has 1 saturated heterocycles. The predicted octanol–water partition coefficient (Wildman–Crippen LogP) is 34.8. The van der Waals surface area contributed by atoms with Gasteiger partial charge in [-0.05, 0) is 201 Å². The highest BCUT2D eigenvalue weighted by Crippen LogP contribution is 2.52. The smallest absolute Gasteiger partial charge is 0.399 e. The molecular weight excluding hydrogens is 1630 g/mol. The Morgan fingerprint density at radius 1 is 0.203 bits per heavy atom. The standard InChI is InChI=1S/C54H32S2.C42H33BO2S.C18H11BrS.CH4/c1-2-14-37-36(13-1)38(46-22-12-24-48-40-16-8-10-26-50(40)56-54(46)48)31-32-45(37)52-43-19-5-3-17-41(43)51(42-18-4-6-20-44(42)52)34-29-27-33(28-30-34)35-21-11-23-47-39-15-7-9-25-49(39)55-53(35)47;1-41(2)42(3,4)45-43(44-41)39-33-19-9-7-17-30(33)38(31-18-8-10-20-34(31)39)32-25-24-28(26-14-5-6-15-27(26)32)35-21-13-22-36-29-16-11-12-23-37(29)46-40(35)36;19-13-10-8-12(9-11-13)14-5-3-6-16-15-4-1-2-7-17(15)20-18(14)16;/h1-32H;5-25H,1-4H3;1-11H;1H4. The molecule has 586 valence electrons. The molecule has 25 rings (SSSR count). The van der Waals surface area contributed by atoms with Gasteiger partial charge < -0.3 is 9.31 Å². The SMILES string of the molecule is Brc1ccc(-c2cccc3c2sc2ccccc23)cc1.C.CC1(C)OB(c2c3ccccc3c(-c3ccc(-c4cccc5c4sc4ccccc45)c4ccccc34)c3ccccc23)OC1(C)C.c1ccc2c(c1)sc1c(-c3ccc(-c4c5ccccc5c(-c5ccc(-c6cccc7c6sc6ccccc67)c6ccccc56)c5ccccc45)cc3)cccc12. The molecule has 0 unspecified atom stereocenters. The first-order valence-electron chi connectivity index (χ1n) is 41.7. The van der Waals surface area contributed by atoms with Crippen LogP contribution < -0.4 is 5.46 Å². The Bertz CT molecular complexity index is 8240. The highest BCUT2D eigenvalue weighted by molar-refractivity contribution is 9.10. The van der Waals surface area contributed by atoms with Crippen molar-refractivity contribution in [3.8, 4) is 77.9 Å². The fourth-order valence-corrected chi connectivity index (χ4v) is 24.4. The Labute approximate surface area is 739 Å². The lowest BCUT2D eigenvalue weighted by atomic mass is 9.71. The molecule has 0 bridgehead atoms. The van der Waals surface area contributed by atoms with Gasteiger partial charge in [-0.2, -0.15) is 0 Å². The van der Waals surface area contributed by atoms with E-state index >= 15 is 0 Å². The molecule has 4 aromatic heterocycles. The first kappa shape index (κ1) is 76.4. The van der Waals surface area contributed by atoms with E-state index in [1.807, 2.05) is 45.3 Å². The maximum Gasteiger partial charge on any atom is 0.496 e. The molecule has 1 aliphatic rings. The van der Waals surface area contributed by atoms with Crippen molar-refractivity contribution >= 4 is 219 Å². The van der Waals surface area contributed by atoms with Gasteiger partial charge in [-0.1, -0.05) is 375 Å². The number of fused-ring (bicyclic) bond motifs is 18. The van der Waals surface area contributed by atoms with E-state index in [4.69, 9.17) is 9.31 Å². The quantitative estimate of drug-likeness (QED) is 0.112. The van der Waals surface area contributed by atoms with E-state index in [1.165, 1.54) is 212 Å². The van der Waals surface area contributed by atoms with Gasteiger partial charge in [-0.15, -0.1) is 45.3 Å². The Balaban J connectivity index is 0.000000120. The normalized spacial score (nSPS) is 13.2. The first-order valence-corrected chi connectivity index (χ1v) is 45.8. The van der Waals surface area contributed by atoms with E-state index in [1.54, 1.807) is 0 Å². The van der Waals surface area contributed by atoms with E-state index < -0.39 is 18.3 Å². The van der Waals surface area contributed by atoms with Gasteiger partial charge in [0.2, 0.25) is 0 Å². The van der Waals surface area contributed by atoms with Crippen molar-refractivity contribution in [1.82, 2.24) is 0 Å². The van der Waals surface area contributed by atoms with Gasteiger partial charge in [-0.3, -0.25) is 0 Å². The van der Waals surface area contributed by atoms with Gasteiger partial charge in [-0.25, -0.2) is 0 Å². The third kappa shape index (κ3) is 12.7. The Morgan fingerprint density at radius 3 is 0.780 bits per heavy atom. The highest BCUT2D eigenvalue weighted by Gasteiger charge is 2.53. The molecule has 24 aromatic rings. The number of benzene rings is 20. The van der Waals surface area contributed by atoms with Crippen LogP contribution in [0.1, 0.15) is 35.1 Å². The van der Waals surface area contributed by atoms with Crippen molar-refractivity contribution in [3.63, 3.8) is 0 Å². The lowest BCUT2D eigenvalue weighted by Crippen LogP contribution is -2.41. The van der Waals surface area contributed by atoms with Crippen LogP contribution in [0.25, 0.3) is 223 Å². The molecule has 0 radical (unpaired) electrons. The Morgan fingerprint density at radius 2 is 0.439 bits per heavy atom. The molecule has 0 amide bonds. The topological polar surface area (TPSA) is 18.5 Å². The summed E-state index contributed by atoms with van der Waals surface area (Å²) in [6.45, 7) is 8.50. The zero-order chi connectivity index (χ0) is 81.5. The van der Waals surface area contributed by atoms with Crippen LogP contribution >= 0.6 is 61.3 Å². The van der Waals surface area contributed by atoms with Gasteiger partial charge >= 0.3 is 7.12 Å². The number of rotatable bonds is 8. The second-order valence-corrected chi connectivity index (χ2v) is 38.1. The average molecular weight is 1710 g/mol. The van der Waals surface area contributed by atoms with Crippen molar-refractivity contribution in [2.24, 2.45) is 0 Å². The van der Waals surface area contributed by atoms with E-state index in [-0.39, 0.29) is 7.43 Å². The molecule has 2 nitrogen and oxygen atoms in total. The van der Waals surface area contributed by atoms with Gasteiger partial charge in [0.15, 0.2) is 0 Å². The van der Waals surface area contributed by atoms with Crippen molar-refractivity contribution in [3.05, 3.63) is 393 Å². The molecule has 0 spiro atoms. The summed E-state index contributed by atoms with van der Waals surface area (Å²) in [6, 6.07) is 142. The van der Waals surface area contributed by atoms with Crippen LogP contribution in [-0.2, 0) is 9.31 Å². The maximum atomic E-state index is 6.68. The molecule has 1 aliphatic heterocycles. The van der Waals surface area contributed by atoms with Gasteiger partial charge in [0, 0.05) is 96.3 Å². The molecule has 1 fully saturated rings. The summed E-state index contributed by atoms with van der Waals surface area (Å²) in [5.74, 6) is 0. The second-order valence-electron chi connectivity index (χ2n) is 32.9. The fraction of sp³-hybridized carbons (Fsp3) is 0.0609. The van der Waals surface area contributed by atoms with Gasteiger partial charge in [0.05, 0.1) is 11.2 Å². The van der Waals surface area contributed by atoms with Crippen LogP contribution in [0.4, 0.5) is 0 Å². The van der Waals surface area contributed by atoms with Crippen LogP contribution in [0.2, 0.25) is 0 Å². The lowest BCUT2D eigenvalue weighted by molar-refractivity contribution is 0.00578. The van der Waals surface area contributed by atoms with Crippen LogP contribution in [0, 0.1) is 0 Å². The lowest BCUT2D eigenvalue weighted by Gasteiger charge is -2.32. The molecule has 123 heavy (non-hydrogen) atoms. The molecule has 20 aromatic carbocycles. The summed E-state index contributed by atoms with van der Waals surface area (Å²) >= 11 is 11.0. The maximum absolute atomic E-state index is 6.68. The first-order chi connectivity index (χ1) is 59.9. The minimum atomic E-state index is -0.463. The van der Waals surface area contributed by atoms with E-state index in [2.05, 4.69) is 432 Å². The van der Waals surface area contributed by atoms with Gasteiger partial charge in [0.25, 0.3) is 0 Å². The van der Waals surface area contributed by atoms with E-state index in [0.29, 0.717) is 0 Å². The van der Waals surface area contributed by atoms with Crippen molar-refractivity contribution < 1.29 is 9.31 Å². The van der Waals surface area contributed by atoms with E-state index in [9.17, 15) is 0 Å². The third-order valence-corrected chi connectivity index (χ3v) is 31.0. The minimum Gasteiger partial charge on any atom is -0.399 e. The fourth-order valence-electron chi connectivity index (χ4n) is 19.2. The summed E-state index contributed by atoms with van der Waals surface area (Å²) in [5.41, 5.74) is 18.0. The highest BCUT2D eigenvalue weighted by atomic mass is 79.9. The van der Waals surface area contributed by atoms with Crippen molar-refractivity contribution in [2.45, 2.75) is 46.3 Å². The largest absolute Gasteiger partial charge is 0.496 e. The average Bonchev–Trinajstić information content (AvgIpc) is 1.64. The zero-order valence-corrected chi connectivity index (χ0v) is 72.2. The van der Waals surface area contributed by atoms with Crippen LogP contribution in [-0.4, -0.2) is 18.3 Å². The molecule has 0 saturated carbocycles. The molecule has 0 atom stereocenters. The third-order valence-electron chi connectivity index (χ3n) is 25.6. The van der Waals surface area contributed by atoms with Crippen LogP contribution in [0.3, 0.4) is 0 Å². The van der Waals surface area contributed by atoms with Crippen molar-refractivity contribution in [1.29, 1.82) is 0 Å².